The molecule has 0 amide bonds. The molecule has 0 heterocycles. The van der Waals surface area contributed by atoms with Crippen molar-refractivity contribution in [1.82, 2.24) is 0 Å². The van der Waals surface area contributed by atoms with E-state index in [1.165, 1.54) is 36.6 Å². The second kappa shape index (κ2) is 3.85. The Balaban J connectivity index is 2.12. The second-order valence-corrected chi connectivity index (χ2v) is 6.10. The third kappa shape index (κ3) is 1.32. The zero-order valence-corrected chi connectivity index (χ0v) is 11.1. The predicted octanol–water partition coefficient (Wildman–Crippen LogP) is 3.39. The monoisotopic (exact) mass is 279 g/mol. The van der Waals surface area contributed by atoms with Crippen molar-refractivity contribution in [2.45, 2.75) is 37.5 Å². The van der Waals surface area contributed by atoms with Crippen LogP contribution in [0.4, 0.5) is 0 Å². The average Bonchev–Trinajstić information content (AvgIpc) is 2.25. The Kier molecular flexibility index (Phi) is 2.60. The Labute approximate surface area is 106 Å². The highest BCUT2D eigenvalue weighted by atomic mass is 79.9. The van der Waals surface area contributed by atoms with Gasteiger partial charge in [-0.25, -0.2) is 0 Å². The zero-order valence-electron chi connectivity index (χ0n) is 9.51. The van der Waals surface area contributed by atoms with Crippen LogP contribution in [0.3, 0.4) is 0 Å². The van der Waals surface area contributed by atoms with Gasteiger partial charge in [-0.1, -0.05) is 34.5 Å². The maximum Gasteiger partial charge on any atom is 0.0210 e. The van der Waals surface area contributed by atoms with Gasteiger partial charge in [0.2, 0.25) is 0 Å². The van der Waals surface area contributed by atoms with Crippen molar-refractivity contribution in [3.8, 4) is 0 Å². The molecule has 0 bridgehead atoms. The summed E-state index contributed by atoms with van der Waals surface area (Å²) in [6, 6.07) is 6.69. The van der Waals surface area contributed by atoms with E-state index >= 15 is 0 Å². The van der Waals surface area contributed by atoms with Crippen molar-refractivity contribution in [1.29, 1.82) is 0 Å². The summed E-state index contributed by atoms with van der Waals surface area (Å²) in [5, 5.41) is 0. The number of hydrogen-bond acceptors (Lipinski definition) is 1. The van der Waals surface area contributed by atoms with Gasteiger partial charge in [-0.15, -0.1) is 0 Å². The predicted molar refractivity (Wildman–Crippen MR) is 70.5 cm³/mol. The van der Waals surface area contributed by atoms with E-state index in [0.29, 0.717) is 11.3 Å². The Morgan fingerprint density at radius 1 is 1.38 bits per heavy atom. The van der Waals surface area contributed by atoms with Crippen LogP contribution in [0.15, 0.2) is 22.7 Å². The summed E-state index contributed by atoms with van der Waals surface area (Å²) < 4.78 is 1.30. The Morgan fingerprint density at radius 2 is 2.19 bits per heavy atom. The van der Waals surface area contributed by atoms with Crippen molar-refractivity contribution in [2.75, 3.05) is 6.54 Å². The zero-order chi connectivity index (χ0) is 11.2. The summed E-state index contributed by atoms with van der Waals surface area (Å²) in [6.45, 7) is 0.853. The summed E-state index contributed by atoms with van der Waals surface area (Å²) in [7, 11) is 0. The van der Waals surface area contributed by atoms with Gasteiger partial charge in [-0.3, -0.25) is 0 Å². The molecule has 1 aromatic rings. The number of benzene rings is 1. The lowest BCUT2D eigenvalue weighted by molar-refractivity contribution is 0.129. The highest BCUT2D eigenvalue weighted by Crippen LogP contribution is 2.54. The SMILES string of the molecule is NCC1CCc2c(Br)cccc2C12CCC2. The minimum atomic E-state index is 0.437. The van der Waals surface area contributed by atoms with Gasteiger partial charge in [-0.2, -0.15) is 0 Å². The molecule has 16 heavy (non-hydrogen) atoms. The van der Waals surface area contributed by atoms with E-state index in [2.05, 4.69) is 34.1 Å². The molecule has 0 aliphatic heterocycles. The lowest BCUT2D eigenvalue weighted by atomic mass is 9.53. The lowest BCUT2D eigenvalue weighted by Gasteiger charge is -2.52. The number of nitrogens with two attached hydrogens (primary N) is 1. The van der Waals surface area contributed by atoms with Crippen LogP contribution < -0.4 is 5.73 Å². The fourth-order valence-electron chi connectivity index (χ4n) is 3.67. The van der Waals surface area contributed by atoms with E-state index < -0.39 is 0 Å². The first kappa shape index (κ1) is 10.8. The van der Waals surface area contributed by atoms with E-state index in [1.807, 2.05) is 0 Å². The molecule has 3 rings (SSSR count). The smallest absolute Gasteiger partial charge is 0.0210 e. The molecule has 2 aliphatic carbocycles. The largest absolute Gasteiger partial charge is 0.330 e. The standard InChI is InChI=1S/C14H18BrN/c15-13-4-1-3-12-11(13)6-5-10(9-16)14(12)7-2-8-14/h1,3-4,10H,2,5-9,16H2. The first-order chi connectivity index (χ1) is 7.78. The summed E-state index contributed by atoms with van der Waals surface area (Å²) in [5.41, 5.74) is 9.55. The van der Waals surface area contributed by atoms with Gasteiger partial charge in [0.05, 0.1) is 0 Å². The quantitative estimate of drug-likeness (QED) is 0.838. The van der Waals surface area contributed by atoms with Crippen LogP contribution >= 0.6 is 15.9 Å². The van der Waals surface area contributed by atoms with Crippen molar-refractivity contribution in [3.05, 3.63) is 33.8 Å². The van der Waals surface area contributed by atoms with Crippen LogP contribution in [0.1, 0.15) is 36.8 Å². The lowest BCUT2D eigenvalue weighted by Crippen LogP contribution is -2.48. The normalized spacial score (nSPS) is 26.2. The Bertz CT molecular complexity index is 409. The summed E-state index contributed by atoms with van der Waals surface area (Å²) >= 11 is 3.70. The molecule has 0 aromatic heterocycles. The fourth-order valence-corrected chi connectivity index (χ4v) is 4.24. The van der Waals surface area contributed by atoms with E-state index in [-0.39, 0.29) is 0 Å². The van der Waals surface area contributed by atoms with Crippen LogP contribution in [-0.4, -0.2) is 6.54 Å². The minimum Gasteiger partial charge on any atom is -0.330 e. The van der Waals surface area contributed by atoms with Crippen LogP contribution in [0.25, 0.3) is 0 Å². The highest BCUT2D eigenvalue weighted by Gasteiger charge is 2.47. The van der Waals surface area contributed by atoms with Crippen LogP contribution in [0.5, 0.6) is 0 Å². The molecule has 2 heteroatoms. The molecular weight excluding hydrogens is 262 g/mol. The highest BCUT2D eigenvalue weighted by molar-refractivity contribution is 9.10. The van der Waals surface area contributed by atoms with Crippen molar-refractivity contribution >= 4 is 15.9 Å². The number of rotatable bonds is 1. The number of fused-ring (bicyclic) bond motifs is 2. The maximum atomic E-state index is 5.97. The molecule has 2 N–H and O–H groups in total. The second-order valence-electron chi connectivity index (χ2n) is 5.25. The van der Waals surface area contributed by atoms with Gasteiger partial charge in [0.15, 0.2) is 0 Å². The number of hydrogen-bond donors (Lipinski definition) is 1. The van der Waals surface area contributed by atoms with Gasteiger partial charge in [-0.05, 0) is 60.8 Å². The molecule has 2 aliphatic rings. The average molecular weight is 280 g/mol. The molecule has 1 spiro atoms. The number of halogens is 1. The third-order valence-corrected chi connectivity index (χ3v) is 5.45. The van der Waals surface area contributed by atoms with Crippen molar-refractivity contribution < 1.29 is 0 Å². The molecule has 0 radical (unpaired) electrons. The first-order valence-corrected chi connectivity index (χ1v) is 7.05. The van der Waals surface area contributed by atoms with E-state index in [0.717, 1.165) is 6.54 Å². The summed E-state index contributed by atoms with van der Waals surface area (Å²) in [6.07, 6.45) is 6.53. The van der Waals surface area contributed by atoms with Gasteiger partial charge in [0.1, 0.15) is 0 Å². The molecule has 86 valence electrons. The van der Waals surface area contributed by atoms with Gasteiger partial charge in [0, 0.05) is 4.47 Å². The van der Waals surface area contributed by atoms with Crippen molar-refractivity contribution in [2.24, 2.45) is 11.7 Å². The molecule has 1 nitrogen and oxygen atoms in total. The van der Waals surface area contributed by atoms with Gasteiger partial charge < -0.3 is 5.73 Å². The van der Waals surface area contributed by atoms with E-state index in [4.69, 9.17) is 5.73 Å². The molecule has 0 saturated heterocycles. The Hall–Kier alpha value is -0.340. The van der Waals surface area contributed by atoms with Crippen LogP contribution in [0.2, 0.25) is 0 Å². The third-order valence-electron chi connectivity index (χ3n) is 4.71. The molecule has 1 aromatic carbocycles. The molecule has 1 fully saturated rings. The molecule has 1 unspecified atom stereocenters. The minimum absolute atomic E-state index is 0.437. The topological polar surface area (TPSA) is 26.0 Å². The van der Waals surface area contributed by atoms with Crippen molar-refractivity contribution in [3.63, 3.8) is 0 Å². The molecule has 1 atom stereocenters. The molecule has 1 saturated carbocycles. The van der Waals surface area contributed by atoms with E-state index in [9.17, 15) is 0 Å². The summed E-state index contributed by atoms with van der Waals surface area (Å²) in [5.74, 6) is 0.711. The van der Waals surface area contributed by atoms with E-state index in [1.54, 1.807) is 11.1 Å². The van der Waals surface area contributed by atoms with Gasteiger partial charge >= 0.3 is 0 Å². The maximum absolute atomic E-state index is 5.97. The fraction of sp³-hybridized carbons (Fsp3) is 0.571. The Morgan fingerprint density at radius 3 is 2.81 bits per heavy atom. The van der Waals surface area contributed by atoms with Crippen LogP contribution in [0, 0.1) is 5.92 Å². The molecular formula is C14H18BrN. The van der Waals surface area contributed by atoms with Gasteiger partial charge in [0.25, 0.3) is 0 Å². The first-order valence-electron chi connectivity index (χ1n) is 6.26. The summed E-state index contributed by atoms with van der Waals surface area (Å²) in [4.78, 5) is 0. The van der Waals surface area contributed by atoms with Crippen LogP contribution in [-0.2, 0) is 11.8 Å².